The molecule has 0 aliphatic carbocycles. The van der Waals surface area contributed by atoms with Gasteiger partial charge in [0.1, 0.15) is 11.6 Å². The van der Waals surface area contributed by atoms with Crippen molar-refractivity contribution >= 4 is 35.1 Å². The number of hydrogen-bond donors (Lipinski definition) is 1. The number of aryl methyl sites for hydroxylation is 1. The van der Waals surface area contributed by atoms with E-state index in [4.69, 9.17) is 16.3 Å². The number of anilines is 1. The molecule has 0 aliphatic heterocycles. The molecule has 142 valence electrons. The van der Waals surface area contributed by atoms with Gasteiger partial charge in [-0.2, -0.15) is 0 Å². The molecule has 3 rings (SSSR count). The van der Waals surface area contributed by atoms with Gasteiger partial charge in [0.05, 0.1) is 5.69 Å². The van der Waals surface area contributed by atoms with Crippen molar-refractivity contribution in [1.82, 2.24) is 0 Å². The molecule has 0 radical (unpaired) electrons. The van der Waals surface area contributed by atoms with Crippen molar-refractivity contribution in [3.8, 4) is 5.75 Å². The Labute approximate surface area is 167 Å². The van der Waals surface area contributed by atoms with Crippen LogP contribution in [-0.2, 0) is 4.79 Å². The van der Waals surface area contributed by atoms with E-state index in [1.54, 1.807) is 18.3 Å². The lowest BCUT2D eigenvalue weighted by molar-refractivity contribution is -0.118. The number of amides is 1. The molecule has 0 aromatic heterocycles. The number of rotatable bonds is 6. The van der Waals surface area contributed by atoms with Crippen LogP contribution in [0.2, 0.25) is 5.02 Å². The van der Waals surface area contributed by atoms with E-state index in [2.05, 4.69) is 10.3 Å². The third kappa shape index (κ3) is 5.66. The molecule has 6 heteroatoms. The van der Waals surface area contributed by atoms with Gasteiger partial charge in [-0.25, -0.2) is 4.39 Å². The summed E-state index contributed by atoms with van der Waals surface area (Å²) in [7, 11) is 0. The SMILES string of the molecule is Cc1ccc(N=Cc2ccc(OCC(=O)Nc3ccc(F)cc3)cc2)cc1Cl. The number of aliphatic imine (C=N–C) groups is 1. The summed E-state index contributed by atoms with van der Waals surface area (Å²) in [5.41, 5.74) is 3.18. The van der Waals surface area contributed by atoms with Crippen molar-refractivity contribution in [2.45, 2.75) is 6.92 Å². The largest absolute Gasteiger partial charge is 0.484 e. The van der Waals surface area contributed by atoms with Gasteiger partial charge >= 0.3 is 0 Å². The van der Waals surface area contributed by atoms with E-state index in [0.717, 1.165) is 16.8 Å². The topological polar surface area (TPSA) is 50.7 Å². The van der Waals surface area contributed by atoms with Crippen molar-refractivity contribution in [3.63, 3.8) is 0 Å². The Morgan fingerprint density at radius 2 is 1.82 bits per heavy atom. The Hall–Kier alpha value is -3.18. The molecule has 0 heterocycles. The number of carbonyl (C=O) groups is 1. The summed E-state index contributed by atoms with van der Waals surface area (Å²) in [5.74, 6) is -0.123. The van der Waals surface area contributed by atoms with E-state index >= 15 is 0 Å². The predicted octanol–water partition coefficient (Wildman–Crippen LogP) is 5.56. The molecule has 0 aliphatic rings. The van der Waals surface area contributed by atoms with Crippen molar-refractivity contribution < 1.29 is 13.9 Å². The van der Waals surface area contributed by atoms with Crippen LogP contribution in [0.3, 0.4) is 0 Å². The average Bonchev–Trinajstić information content (AvgIpc) is 2.70. The zero-order valence-corrected chi connectivity index (χ0v) is 15.9. The molecule has 1 amide bonds. The molecule has 0 fully saturated rings. The lowest BCUT2D eigenvalue weighted by Gasteiger charge is -2.07. The summed E-state index contributed by atoms with van der Waals surface area (Å²) in [5, 5.41) is 3.31. The standard InChI is InChI=1S/C22H18ClFN2O2/c1-15-2-7-19(12-21(15)23)25-13-16-3-10-20(11-4-16)28-14-22(27)26-18-8-5-17(24)6-9-18/h2-13H,14H2,1H3,(H,26,27). The van der Waals surface area contributed by atoms with Crippen molar-refractivity contribution in [3.05, 3.63) is 88.7 Å². The number of benzene rings is 3. The highest BCUT2D eigenvalue weighted by Gasteiger charge is 2.04. The fourth-order valence-electron chi connectivity index (χ4n) is 2.34. The Morgan fingerprint density at radius 3 is 2.50 bits per heavy atom. The third-order valence-electron chi connectivity index (χ3n) is 3.90. The fraction of sp³-hybridized carbons (Fsp3) is 0.0909. The van der Waals surface area contributed by atoms with E-state index in [9.17, 15) is 9.18 Å². The van der Waals surface area contributed by atoms with Crippen LogP contribution in [0.5, 0.6) is 5.75 Å². The molecular weight excluding hydrogens is 379 g/mol. The first-order chi connectivity index (χ1) is 13.5. The highest BCUT2D eigenvalue weighted by Crippen LogP contribution is 2.22. The van der Waals surface area contributed by atoms with E-state index in [-0.39, 0.29) is 18.3 Å². The third-order valence-corrected chi connectivity index (χ3v) is 4.30. The number of ether oxygens (including phenoxy) is 1. The minimum atomic E-state index is -0.358. The van der Waals surface area contributed by atoms with Gasteiger partial charge < -0.3 is 10.1 Å². The van der Waals surface area contributed by atoms with Crippen molar-refractivity contribution in [2.75, 3.05) is 11.9 Å². The lowest BCUT2D eigenvalue weighted by Crippen LogP contribution is -2.20. The molecule has 0 saturated carbocycles. The van der Waals surface area contributed by atoms with E-state index in [1.807, 2.05) is 37.3 Å². The van der Waals surface area contributed by atoms with E-state index in [0.29, 0.717) is 16.5 Å². The van der Waals surface area contributed by atoms with E-state index < -0.39 is 0 Å². The van der Waals surface area contributed by atoms with Gasteiger partial charge in [0, 0.05) is 16.9 Å². The van der Waals surface area contributed by atoms with Crippen molar-refractivity contribution in [2.24, 2.45) is 4.99 Å². The maximum Gasteiger partial charge on any atom is 0.262 e. The molecule has 0 unspecified atom stereocenters. The Bertz CT molecular complexity index is 986. The number of nitrogens with zero attached hydrogens (tertiary/aromatic N) is 1. The van der Waals surface area contributed by atoms with Crippen LogP contribution < -0.4 is 10.1 Å². The number of nitrogens with one attached hydrogen (secondary N) is 1. The average molecular weight is 397 g/mol. The Balaban J connectivity index is 1.52. The van der Waals surface area contributed by atoms with Gasteiger partial charge in [-0.1, -0.05) is 17.7 Å². The summed E-state index contributed by atoms with van der Waals surface area (Å²) < 4.78 is 18.3. The minimum absolute atomic E-state index is 0.146. The van der Waals surface area contributed by atoms with Gasteiger partial charge in [-0.3, -0.25) is 9.79 Å². The number of hydrogen-bond acceptors (Lipinski definition) is 3. The van der Waals surface area contributed by atoms with Crippen LogP contribution in [0.4, 0.5) is 15.8 Å². The van der Waals surface area contributed by atoms with Gasteiger partial charge in [-0.05, 0) is 78.7 Å². The van der Waals surface area contributed by atoms with Crippen LogP contribution in [-0.4, -0.2) is 18.7 Å². The molecule has 0 bridgehead atoms. The summed E-state index contributed by atoms with van der Waals surface area (Å²) in [6, 6.07) is 18.4. The normalized spacial score (nSPS) is 10.8. The first kappa shape index (κ1) is 19.6. The number of halogens is 2. The summed E-state index contributed by atoms with van der Waals surface area (Å²) in [6.45, 7) is 1.79. The van der Waals surface area contributed by atoms with E-state index in [1.165, 1.54) is 24.3 Å². The molecule has 28 heavy (non-hydrogen) atoms. The molecule has 0 spiro atoms. The molecule has 0 atom stereocenters. The smallest absolute Gasteiger partial charge is 0.262 e. The predicted molar refractivity (Wildman–Crippen MR) is 110 cm³/mol. The maximum atomic E-state index is 12.9. The zero-order chi connectivity index (χ0) is 19.9. The lowest BCUT2D eigenvalue weighted by atomic mass is 10.2. The van der Waals surface area contributed by atoms with Crippen LogP contribution in [0, 0.1) is 12.7 Å². The van der Waals surface area contributed by atoms with Crippen molar-refractivity contribution in [1.29, 1.82) is 0 Å². The second kappa shape index (κ2) is 9.15. The molecule has 4 nitrogen and oxygen atoms in total. The van der Waals surface area contributed by atoms with Gasteiger partial charge in [0.2, 0.25) is 0 Å². The van der Waals surface area contributed by atoms with Crippen LogP contribution >= 0.6 is 11.6 Å². The quantitative estimate of drug-likeness (QED) is 0.555. The Kier molecular flexibility index (Phi) is 6.40. The highest BCUT2D eigenvalue weighted by atomic mass is 35.5. The maximum absolute atomic E-state index is 12.9. The van der Waals surface area contributed by atoms with Gasteiger partial charge in [0.25, 0.3) is 5.91 Å². The monoisotopic (exact) mass is 396 g/mol. The second-order valence-electron chi connectivity index (χ2n) is 6.10. The fourth-order valence-corrected chi connectivity index (χ4v) is 2.52. The summed E-state index contributed by atoms with van der Waals surface area (Å²) in [6.07, 6.45) is 1.73. The minimum Gasteiger partial charge on any atom is -0.484 e. The molecular formula is C22H18ClFN2O2. The first-order valence-electron chi connectivity index (χ1n) is 8.58. The summed E-state index contributed by atoms with van der Waals surface area (Å²) >= 11 is 6.09. The second-order valence-corrected chi connectivity index (χ2v) is 6.51. The van der Waals surface area contributed by atoms with Gasteiger partial charge in [0.15, 0.2) is 6.61 Å². The molecule has 3 aromatic carbocycles. The van der Waals surface area contributed by atoms with Crippen LogP contribution in [0.1, 0.15) is 11.1 Å². The summed E-state index contributed by atoms with van der Waals surface area (Å²) in [4.78, 5) is 16.3. The zero-order valence-electron chi connectivity index (χ0n) is 15.2. The molecule has 0 saturated heterocycles. The van der Waals surface area contributed by atoms with Gasteiger partial charge in [-0.15, -0.1) is 0 Å². The molecule has 1 N–H and O–H groups in total. The van der Waals surface area contributed by atoms with Crippen LogP contribution in [0.15, 0.2) is 71.7 Å². The molecule has 3 aromatic rings. The highest BCUT2D eigenvalue weighted by molar-refractivity contribution is 6.31. The Morgan fingerprint density at radius 1 is 1.11 bits per heavy atom. The van der Waals surface area contributed by atoms with Crippen LogP contribution in [0.25, 0.3) is 0 Å². The number of carbonyl (C=O) groups excluding carboxylic acids is 1. The first-order valence-corrected chi connectivity index (χ1v) is 8.96.